The van der Waals surface area contributed by atoms with E-state index in [0.717, 1.165) is 11.3 Å². The SMILES string of the molecule is COc1ccc(N)cc1CNS(=O)(=O)c1ccc(Cl)s1. The van der Waals surface area contributed by atoms with Crippen LogP contribution in [-0.4, -0.2) is 15.5 Å². The number of anilines is 1. The van der Waals surface area contributed by atoms with E-state index in [0.29, 0.717) is 21.3 Å². The molecule has 0 radical (unpaired) electrons. The average molecular weight is 333 g/mol. The highest BCUT2D eigenvalue weighted by molar-refractivity contribution is 7.91. The average Bonchev–Trinajstić information content (AvgIpc) is 2.84. The van der Waals surface area contributed by atoms with Crippen LogP contribution in [0.5, 0.6) is 5.75 Å². The summed E-state index contributed by atoms with van der Waals surface area (Å²) in [5.41, 5.74) is 6.89. The van der Waals surface area contributed by atoms with Gasteiger partial charge >= 0.3 is 0 Å². The number of hydrogen-bond donors (Lipinski definition) is 2. The second-order valence-corrected chi connectivity index (χ2v) is 7.66. The van der Waals surface area contributed by atoms with Crippen molar-refractivity contribution in [3.8, 4) is 5.75 Å². The summed E-state index contributed by atoms with van der Waals surface area (Å²) >= 11 is 6.74. The molecular formula is C12H13ClN2O3S2. The largest absolute Gasteiger partial charge is 0.496 e. The molecule has 3 N–H and O–H groups in total. The van der Waals surface area contributed by atoms with Crippen molar-refractivity contribution in [2.24, 2.45) is 0 Å². The second-order valence-electron chi connectivity index (χ2n) is 3.95. The number of halogens is 1. The summed E-state index contributed by atoms with van der Waals surface area (Å²) in [6.45, 7) is 0.0894. The number of benzene rings is 1. The third-order valence-electron chi connectivity index (χ3n) is 2.57. The molecule has 0 unspecified atom stereocenters. The van der Waals surface area contributed by atoms with E-state index in [1.165, 1.54) is 13.2 Å². The number of nitrogens with two attached hydrogens (primary N) is 1. The lowest BCUT2D eigenvalue weighted by molar-refractivity contribution is 0.409. The molecule has 1 aromatic heterocycles. The van der Waals surface area contributed by atoms with E-state index in [1.54, 1.807) is 24.3 Å². The number of ether oxygens (including phenoxy) is 1. The van der Waals surface area contributed by atoms with Gasteiger partial charge < -0.3 is 10.5 Å². The lowest BCUT2D eigenvalue weighted by Gasteiger charge is -2.10. The molecule has 8 heteroatoms. The highest BCUT2D eigenvalue weighted by Crippen LogP contribution is 2.26. The highest BCUT2D eigenvalue weighted by atomic mass is 35.5. The first-order valence-electron chi connectivity index (χ1n) is 5.60. The minimum Gasteiger partial charge on any atom is -0.496 e. The van der Waals surface area contributed by atoms with E-state index in [2.05, 4.69) is 4.72 Å². The van der Waals surface area contributed by atoms with Crippen molar-refractivity contribution in [3.63, 3.8) is 0 Å². The fourth-order valence-corrected chi connectivity index (χ4v) is 4.16. The summed E-state index contributed by atoms with van der Waals surface area (Å²) in [6, 6.07) is 8.06. The highest BCUT2D eigenvalue weighted by Gasteiger charge is 2.17. The van der Waals surface area contributed by atoms with Crippen molar-refractivity contribution < 1.29 is 13.2 Å². The number of sulfonamides is 1. The third-order valence-corrected chi connectivity index (χ3v) is 5.69. The van der Waals surface area contributed by atoms with Crippen LogP contribution in [-0.2, 0) is 16.6 Å². The number of nitrogen functional groups attached to an aromatic ring is 1. The van der Waals surface area contributed by atoms with Crippen LogP contribution >= 0.6 is 22.9 Å². The first-order chi connectivity index (χ1) is 9.42. The van der Waals surface area contributed by atoms with Gasteiger partial charge in [-0.2, -0.15) is 0 Å². The Morgan fingerprint density at radius 3 is 2.70 bits per heavy atom. The van der Waals surface area contributed by atoms with Gasteiger partial charge in [0.1, 0.15) is 9.96 Å². The zero-order valence-electron chi connectivity index (χ0n) is 10.6. The maximum Gasteiger partial charge on any atom is 0.250 e. The van der Waals surface area contributed by atoms with Gasteiger partial charge in [0.15, 0.2) is 0 Å². The standard InChI is InChI=1S/C12H13ClN2O3S2/c1-18-10-3-2-9(14)6-8(10)7-15-20(16,17)12-5-4-11(13)19-12/h2-6,15H,7,14H2,1H3. The molecule has 1 heterocycles. The monoisotopic (exact) mass is 332 g/mol. The molecule has 0 spiro atoms. The smallest absolute Gasteiger partial charge is 0.250 e. The number of methoxy groups -OCH3 is 1. The molecule has 0 fully saturated rings. The number of thiophene rings is 1. The molecule has 20 heavy (non-hydrogen) atoms. The molecule has 0 saturated heterocycles. The number of hydrogen-bond acceptors (Lipinski definition) is 5. The Morgan fingerprint density at radius 1 is 1.35 bits per heavy atom. The summed E-state index contributed by atoms with van der Waals surface area (Å²) in [7, 11) is -2.07. The molecule has 0 aliphatic carbocycles. The molecule has 0 aliphatic heterocycles. The zero-order chi connectivity index (χ0) is 14.8. The predicted octanol–water partition coefficient (Wildman–Crippen LogP) is 2.47. The van der Waals surface area contributed by atoms with Gasteiger partial charge in [-0.25, -0.2) is 13.1 Å². The maximum atomic E-state index is 12.1. The van der Waals surface area contributed by atoms with Crippen LogP contribution in [0.3, 0.4) is 0 Å². The Morgan fingerprint density at radius 2 is 2.10 bits per heavy atom. The van der Waals surface area contributed by atoms with E-state index >= 15 is 0 Å². The molecule has 5 nitrogen and oxygen atoms in total. The van der Waals surface area contributed by atoms with Crippen LogP contribution in [0.25, 0.3) is 0 Å². The summed E-state index contributed by atoms with van der Waals surface area (Å²) < 4.78 is 32.4. The Hall–Kier alpha value is -1.28. The molecule has 0 bridgehead atoms. The fourth-order valence-electron chi connectivity index (χ4n) is 1.62. The van der Waals surface area contributed by atoms with Gasteiger partial charge in [0, 0.05) is 17.8 Å². The van der Waals surface area contributed by atoms with E-state index < -0.39 is 10.0 Å². The molecule has 2 rings (SSSR count). The van der Waals surface area contributed by atoms with E-state index in [4.69, 9.17) is 22.1 Å². The van der Waals surface area contributed by atoms with Crippen LogP contribution in [0.4, 0.5) is 5.69 Å². The summed E-state index contributed by atoms with van der Waals surface area (Å²) in [5, 5.41) is 0. The molecule has 1 aromatic carbocycles. The molecule has 0 saturated carbocycles. The maximum absolute atomic E-state index is 12.1. The van der Waals surface area contributed by atoms with Crippen molar-refractivity contribution in [1.29, 1.82) is 0 Å². The van der Waals surface area contributed by atoms with Crippen molar-refractivity contribution in [2.45, 2.75) is 10.8 Å². The minimum atomic E-state index is -3.59. The molecule has 0 amide bonds. The van der Waals surface area contributed by atoms with E-state index in [-0.39, 0.29) is 10.8 Å². The number of nitrogens with one attached hydrogen (secondary N) is 1. The van der Waals surface area contributed by atoms with E-state index in [9.17, 15) is 8.42 Å². The van der Waals surface area contributed by atoms with Crippen molar-refractivity contribution in [3.05, 3.63) is 40.2 Å². The Bertz CT molecular complexity index is 713. The van der Waals surface area contributed by atoms with Crippen molar-refractivity contribution >= 4 is 38.6 Å². The normalized spacial score (nSPS) is 11.5. The van der Waals surface area contributed by atoms with Crippen LogP contribution in [0.15, 0.2) is 34.5 Å². The summed E-state index contributed by atoms with van der Waals surface area (Å²) in [6.07, 6.45) is 0. The lowest BCUT2D eigenvalue weighted by atomic mass is 10.2. The Kier molecular flexibility index (Phi) is 4.54. The fraction of sp³-hybridized carbons (Fsp3) is 0.167. The lowest BCUT2D eigenvalue weighted by Crippen LogP contribution is -2.22. The molecule has 0 aliphatic rings. The second kappa shape index (κ2) is 6.01. The summed E-state index contributed by atoms with van der Waals surface area (Å²) in [4.78, 5) is 0. The topological polar surface area (TPSA) is 81.4 Å². The summed E-state index contributed by atoms with van der Waals surface area (Å²) in [5.74, 6) is 0.575. The molecule has 0 atom stereocenters. The Balaban J connectivity index is 2.18. The quantitative estimate of drug-likeness (QED) is 0.824. The van der Waals surface area contributed by atoms with Crippen molar-refractivity contribution in [1.82, 2.24) is 4.72 Å². The van der Waals surface area contributed by atoms with Crippen LogP contribution in [0, 0.1) is 0 Å². The van der Waals surface area contributed by atoms with Gasteiger partial charge in [-0.05, 0) is 30.3 Å². The van der Waals surface area contributed by atoms with Gasteiger partial charge in [0.05, 0.1) is 11.4 Å². The van der Waals surface area contributed by atoms with Gasteiger partial charge in [0.2, 0.25) is 10.0 Å². The van der Waals surface area contributed by atoms with Crippen molar-refractivity contribution in [2.75, 3.05) is 12.8 Å². The first kappa shape index (κ1) is 15.1. The number of rotatable bonds is 5. The van der Waals surface area contributed by atoms with Crippen LogP contribution in [0.1, 0.15) is 5.56 Å². The van der Waals surface area contributed by atoms with Gasteiger partial charge in [-0.3, -0.25) is 0 Å². The van der Waals surface area contributed by atoms with Crippen LogP contribution < -0.4 is 15.2 Å². The van der Waals surface area contributed by atoms with Crippen LogP contribution in [0.2, 0.25) is 4.34 Å². The third kappa shape index (κ3) is 3.43. The van der Waals surface area contributed by atoms with E-state index in [1.807, 2.05) is 0 Å². The predicted molar refractivity (Wildman–Crippen MR) is 80.8 cm³/mol. The Labute approximate surface area is 126 Å². The molecular weight excluding hydrogens is 320 g/mol. The molecule has 108 valence electrons. The van der Waals surface area contributed by atoms with Gasteiger partial charge in [-0.15, -0.1) is 11.3 Å². The minimum absolute atomic E-state index is 0.0894. The molecule has 2 aromatic rings. The zero-order valence-corrected chi connectivity index (χ0v) is 13.0. The first-order valence-corrected chi connectivity index (χ1v) is 8.27. The van der Waals surface area contributed by atoms with Gasteiger partial charge in [-0.1, -0.05) is 11.6 Å². The van der Waals surface area contributed by atoms with Gasteiger partial charge in [0.25, 0.3) is 0 Å².